The minimum atomic E-state index is 0.402. The second-order valence-electron chi connectivity index (χ2n) is 3.60. The largest absolute Gasteiger partial charge is 0.140 e. The van der Waals surface area contributed by atoms with Gasteiger partial charge in [-0.15, -0.1) is 0 Å². The lowest BCUT2D eigenvalue weighted by Gasteiger charge is -2.15. The molecule has 0 aliphatic carbocycles. The summed E-state index contributed by atoms with van der Waals surface area (Å²) in [7, 11) is 2.12. The molecule has 0 N–H and O–H groups in total. The molecule has 0 aromatic heterocycles. The molecule has 12 heavy (non-hydrogen) atoms. The highest BCUT2D eigenvalue weighted by molar-refractivity contribution is 6.34. The highest BCUT2D eigenvalue weighted by atomic mass is 14.1. The van der Waals surface area contributed by atoms with Crippen molar-refractivity contribution in [2.75, 3.05) is 0 Å². The molecule has 0 unspecified atom stereocenters. The van der Waals surface area contributed by atoms with Crippen molar-refractivity contribution < 1.29 is 1.37 Å². The topological polar surface area (TPSA) is 0 Å². The van der Waals surface area contributed by atoms with Crippen molar-refractivity contribution in [2.24, 2.45) is 0 Å². The Kier molecular flexibility index (Phi) is 1.96. The number of benzene rings is 1. The summed E-state index contributed by atoms with van der Waals surface area (Å²) in [4.78, 5) is 0. The van der Waals surface area contributed by atoms with E-state index in [1.165, 1.54) is 33.3 Å². The molecule has 0 aliphatic rings. The van der Waals surface area contributed by atoms with Gasteiger partial charge in [0, 0.05) is 1.37 Å². The molecular weight excluding hydrogens is 143 g/mol. The SMILES string of the molecule is [2H]Cc1c(B)c(C)c(C)c(C)c1C. The van der Waals surface area contributed by atoms with Crippen LogP contribution in [0.3, 0.4) is 0 Å². The maximum Gasteiger partial charge on any atom is 0.140 e. The van der Waals surface area contributed by atoms with E-state index in [-0.39, 0.29) is 0 Å². The van der Waals surface area contributed by atoms with Gasteiger partial charge in [-0.3, -0.25) is 0 Å². The fraction of sp³-hybridized carbons (Fsp3) is 0.455. The van der Waals surface area contributed by atoms with Gasteiger partial charge in [0.1, 0.15) is 7.85 Å². The van der Waals surface area contributed by atoms with Crippen molar-refractivity contribution in [3.63, 3.8) is 0 Å². The van der Waals surface area contributed by atoms with E-state index < -0.39 is 0 Å². The maximum absolute atomic E-state index is 7.49. The Balaban J connectivity index is 3.56. The van der Waals surface area contributed by atoms with Crippen LogP contribution in [-0.2, 0) is 0 Å². The van der Waals surface area contributed by atoms with Crippen molar-refractivity contribution in [1.82, 2.24) is 0 Å². The summed E-state index contributed by atoms with van der Waals surface area (Å²) in [6.07, 6.45) is 0. The zero-order chi connectivity index (χ0) is 10.2. The average Bonchev–Trinajstić information content (AvgIpc) is 2.13. The summed E-state index contributed by atoms with van der Waals surface area (Å²) in [6.45, 7) is 8.99. The summed E-state index contributed by atoms with van der Waals surface area (Å²) in [5.74, 6) is 0. The molecule has 0 fully saturated rings. The number of rotatable bonds is 0. The smallest absolute Gasteiger partial charge is 0.0827 e. The molecule has 1 aromatic carbocycles. The third kappa shape index (κ3) is 1.18. The van der Waals surface area contributed by atoms with Crippen LogP contribution in [-0.4, -0.2) is 7.85 Å². The van der Waals surface area contributed by atoms with E-state index in [1.54, 1.807) is 0 Å². The Morgan fingerprint density at radius 3 is 1.75 bits per heavy atom. The van der Waals surface area contributed by atoms with Gasteiger partial charge in [-0.05, 0) is 51.3 Å². The van der Waals surface area contributed by atoms with E-state index in [0.717, 1.165) is 0 Å². The van der Waals surface area contributed by atoms with Gasteiger partial charge in [-0.1, -0.05) is 16.6 Å². The van der Waals surface area contributed by atoms with Gasteiger partial charge < -0.3 is 0 Å². The van der Waals surface area contributed by atoms with Crippen molar-refractivity contribution >= 4 is 13.3 Å². The molecule has 1 aromatic rings. The van der Waals surface area contributed by atoms with Crippen molar-refractivity contribution in [1.29, 1.82) is 0 Å². The van der Waals surface area contributed by atoms with Crippen LogP contribution in [0.1, 0.15) is 29.2 Å². The molecule has 0 radical (unpaired) electrons. The molecule has 0 saturated heterocycles. The van der Waals surface area contributed by atoms with Crippen LogP contribution in [0.4, 0.5) is 0 Å². The Morgan fingerprint density at radius 2 is 1.25 bits per heavy atom. The average molecular weight is 161 g/mol. The number of hydrogen-bond donors (Lipinski definition) is 0. The summed E-state index contributed by atoms with van der Waals surface area (Å²) >= 11 is 0. The molecule has 1 heteroatoms. The minimum absolute atomic E-state index is 0.402. The second-order valence-corrected chi connectivity index (χ2v) is 3.60. The van der Waals surface area contributed by atoms with Gasteiger partial charge in [-0.2, -0.15) is 0 Å². The Bertz CT molecular complexity index is 313. The zero-order valence-corrected chi connectivity index (χ0v) is 8.71. The maximum atomic E-state index is 7.49. The van der Waals surface area contributed by atoms with Gasteiger partial charge in [0.2, 0.25) is 0 Å². The van der Waals surface area contributed by atoms with Crippen molar-refractivity contribution in [3.05, 3.63) is 27.8 Å². The zero-order valence-electron chi connectivity index (χ0n) is 9.71. The molecule has 0 saturated carbocycles. The van der Waals surface area contributed by atoms with Crippen molar-refractivity contribution in [2.45, 2.75) is 34.6 Å². The van der Waals surface area contributed by atoms with Crippen LogP contribution in [0.5, 0.6) is 0 Å². The molecule has 64 valence electrons. The molecule has 0 atom stereocenters. The predicted molar refractivity (Wildman–Crippen MR) is 58.3 cm³/mol. The van der Waals surface area contributed by atoms with Gasteiger partial charge in [-0.25, -0.2) is 0 Å². The molecule has 0 spiro atoms. The first-order chi connectivity index (χ1) is 6.00. The van der Waals surface area contributed by atoms with Crippen LogP contribution < -0.4 is 5.46 Å². The Hall–Kier alpha value is -0.715. The molecule has 0 amide bonds. The lowest BCUT2D eigenvalue weighted by molar-refractivity contribution is 1.20. The first kappa shape index (κ1) is 7.91. The fourth-order valence-corrected chi connectivity index (χ4v) is 1.58. The quantitative estimate of drug-likeness (QED) is 0.505. The normalized spacial score (nSPS) is 11.5. The molecular formula is C11H17B. The third-order valence-electron chi connectivity index (χ3n) is 3.16. The van der Waals surface area contributed by atoms with Crippen molar-refractivity contribution in [3.8, 4) is 0 Å². The summed E-state index contributed by atoms with van der Waals surface area (Å²) < 4.78 is 7.49. The fourth-order valence-electron chi connectivity index (χ4n) is 1.58. The minimum Gasteiger partial charge on any atom is -0.0827 e. The molecule has 1 rings (SSSR count). The van der Waals surface area contributed by atoms with Gasteiger partial charge in [0.25, 0.3) is 0 Å². The molecule has 0 nitrogen and oxygen atoms in total. The second kappa shape index (κ2) is 2.97. The van der Waals surface area contributed by atoms with Crippen LogP contribution in [0.25, 0.3) is 0 Å². The highest BCUT2D eigenvalue weighted by Crippen LogP contribution is 2.17. The van der Waals surface area contributed by atoms with E-state index in [2.05, 4.69) is 35.5 Å². The lowest BCUT2D eigenvalue weighted by Crippen LogP contribution is -2.16. The van der Waals surface area contributed by atoms with Crippen LogP contribution in [0, 0.1) is 34.6 Å². The molecule has 0 bridgehead atoms. The standard InChI is InChI=1S/C11H17B/c1-6-7(2)9(4)11(12)10(5)8(6)3/h12H2,1-5H3/i4D. The van der Waals surface area contributed by atoms with Gasteiger partial charge in [0.05, 0.1) is 0 Å². The van der Waals surface area contributed by atoms with E-state index in [4.69, 9.17) is 1.37 Å². The van der Waals surface area contributed by atoms with E-state index in [0.29, 0.717) is 6.90 Å². The highest BCUT2D eigenvalue weighted by Gasteiger charge is 2.07. The van der Waals surface area contributed by atoms with Crippen LogP contribution in [0.2, 0.25) is 0 Å². The van der Waals surface area contributed by atoms with Crippen LogP contribution >= 0.6 is 0 Å². The first-order valence-electron chi connectivity index (χ1n) is 5.06. The molecule has 0 heterocycles. The van der Waals surface area contributed by atoms with E-state index in [1.807, 2.05) is 0 Å². The summed E-state index contributed by atoms with van der Waals surface area (Å²) in [6, 6.07) is 0. The predicted octanol–water partition coefficient (Wildman–Crippen LogP) is 1.49. The summed E-state index contributed by atoms with van der Waals surface area (Å²) in [5, 5.41) is 0. The molecule has 0 aliphatic heterocycles. The van der Waals surface area contributed by atoms with Crippen LogP contribution in [0.15, 0.2) is 0 Å². The lowest BCUT2D eigenvalue weighted by atomic mass is 9.80. The first-order valence-corrected chi connectivity index (χ1v) is 4.35. The van der Waals surface area contributed by atoms with Gasteiger partial charge in [0.15, 0.2) is 0 Å². The van der Waals surface area contributed by atoms with E-state index in [9.17, 15) is 0 Å². The number of hydrogen-bond acceptors (Lipinski definition) is 0. The monoisotopic (exact) mass is 161 g/mol. The van der Waals surface area contributed by atoms with Gasteiger partial charge >= 0.3 is 0 Å². The summed E-state index contributed by atoms with van der Waals surface area (Å²) in [5.41, 5.74) is 7.90. The van der Waals surface area contributed by atoms with E-state index >= 15 is 0 Å². The third-order valence-corrected chi connectivity index (χ3v) is 3.16. The Morgan fingerprint density at radius 1 is 0.833 bits per heavy atom. The Labute approximate surface area is 77.8 Å².